The number of esters is 1. The van der Waals surface area contributed by atoms with E-state index in [1.54, 1.807) is 7.11 Å². The van der Waals surface area contributed by atoms with Crippen LogP contribution in [0.25, 0.3) is 0 Å². The molecule has 0 aliphatic carbocycles. The Morgan fingerprint density at radius 2 is 1.94 bits per heavy atom. The molecule has 0 saturated carbocycles. The van der Waals surface area contributed by atoms with Gasteiger partial charge in [-0.3, -0.25) is 0 Å². The number of hydrogen-bond donors (Lipinski definition) is 1. The summed E-state index contributed by atoms with van der Waals surface area (Å²) in [6.45, 7) is 1.96. The van der Waals surface area contributed by atoms with E-state index in [4.69, 9.17) is 4.74 Å². The first-order valence-corrected chi connectivity index (χ1v) is 5.39. The second-order valence-corrected chi connectivity index (χ2v) is 3.40. The molecule has 0 amide bonds. The minimum Gasteiger partial charge on any atom is -0.497 e. The minimum atomic E-state index is -0.358. The predicted molar refractivity (Wildman–Crippen MR) is 67.0 cm³/mol. The lowest BCUT2D eigenvalue weighted by Crippen LogP contribution is -2.03. The van der Waals surface area contributed by atoms with E-state index in [9.17, 15) is 4.79 Å². The van der Waals surface area contributed by atoms with Gasteiger partial charge in [0.05, 0.1) is 14.2 Å². The van der Waals surface area contributed by atoms with Gasteiger partial charge in [-0.1, -0.05) is 6.92 Å². The zero-order valence-electron chi connectivity index (χ0n) is 10.3. The van der Waals surface area contributed by atoms with Crippen molar-refractivity contribution in [1.82, 2.24) is 0 Å². The quantitative estimate of drug-likeness (QED) is 0.629. The number of hydrogen-bond acceptors (Lipinski definition) is 4. The molecule has 0 fully saturated rings. The smallest absolute Gasteiger partial charge is 0.332 e. The Balaban J connectivity index is 2.73. The van der Waals surface area contributed by atoms with Gasteiger partial charge in [0.15, 0.2) is 0 Å². The molecular weight excluding hydrogens is 218 g/mol. The van der Waals surface area contributed by atoms with Gasteiger partial charge in [-0.2, -0.15) is 0 Å². The summed E-state index contributed by atoms with van der Waals surface area (Å²) in [5, 5.41) is 3.15. The average Bonchev–Trinajstić information content (AvgIpc) is 2.38. The lowest BCUT2D eigenvalue weighted by molar-refractivity contribution is -0.134. The Kier molecular flexibility index (Phi) is 5.07. The van der Waals surface area contributed by atoms with Crippen LogP contribution in [0.3, 0.4) is 0 Å². The Bertz CT molecular complexity index is 396. The van der Waals surface area contributed by atoms with E-state index in [0.717, 1.165) is 23.6 Å². The second kappa shape index (κ2) is 6.58. The third kappa shape index (κ3) is 4.18. The van der Waals surface area contributed by atoms with Crippen LogP contribution in [-0.4, -0.2) is 20.2 Å². The van der Waals surface area contributed by atoms with Gasteiger partial charge in [-0.05, 0) is 30.7 Å². The lowest BCUT2D eigenvalue weighted by atomic mass is 10.2. The number of nitrogens with one attached hydrogen (secondary N) is 1. The summed E-state index contributed by atoms with van der Waals surface area (Å²) in [5.74, 6) is 0.438. The summed E-state index contributed by atoms with van der Waals surface area (Å²) >= 11 is 0. The molecule has 0 aliphatic heterocycles. The highest BCUT2D eigenvalue weighted by Gasteiger charge is 2.01. The van der Waals surface area contributed by atoms with Crippen molar-refractivity contribution < 1.29 is 14.3 Å². The average molecular weight is 235 g/mol. The molecule has 0 heterocycles. The molecule has 0 aliphatic rings. The summed E-state index contributed by atoms with van der Waals surface area (Å²) in [5.41, 5.74) is 1.71. The van der Waals surface area contributed by atoms with Gasteiger partial charge in [0.2, 0.25) is 0 Å². The fourth-order valence-electron chi connectivity index (χ4n) is 1.29. The molecule has 1 N–H and O–H groups in total. The summed E-state index contributed by atoms with van der Waals surface area (Å²) in [6, 6.07) is 7.49. The van der Waals surface area contributed by atoms with Crippen molar-refractivity contribution in [2.24, 2.45) is 0 Å². The van der Waals surface area contributed by atoms with Gasteiger partial charge in [-0.25, -0.2) is 4.79 Å². The van der Waals surface area contributed by atoms with Crippen LogP contribution in [0.15, 0.2) is 36.0 Å². The van der Waals surface area contributed by atoms with Crippen molar-refractivity contribution in [3.8, 4) is 5.75 Å². The molecule has 4 heteroatoms. The zero-order chi connectivity index (χ0) is 12.7. The normalized spacial score (nSPS) is 10.9. The largest absolute Gasteiger partial charge is 0.497 e. The van der Waals surface area contributed by atoms with E-state index in [1.807, 2.05) is 31.2 Å². The molecule has 0 unspecified atom stereocenters. The van der Waals surface area contributed by atoms with Crippen LogP contribution in [0.1, 0.15) is 13.3 Å². The highest BCUT2D eigenvalue weighted by atomic mass is 16.5. The van der Waals surface area contributed by atoms with Crippen LogP contribution >= 0.6 is 0 Å². The van der Waals surface area contributed by atoms with Gasteiger partial charge >= 0.3 is 5.97 Å². The molecule has 92 valence electrons. The van der Waals surface area contributed by atoms with Crippen LogP contribution in [-0.2, 0) is 9.53 Å². The summed E-state index contributed by atoms with van der Waals surface area (Å²) < 4.78 is 9.65. The minimum absolute atomic E-state index is 0.358. The third-order valence-corrected chi connectivity index (χ3v) is 2.27. The van der Waals surface area contributed by atoms with Crippen LogP contribution in [0.5, 0.6) is 5.75 Å². The molecule has 0 radical (unpaired) electrons. The second-order valence-electron chi connectivity index (χ2n) is 3.40. The first-order chi connectivity index (χ1) is 8.19. The number of allylic oxidation sites excluding steroid dienone is 1. The maximum Gasteiger partial charge on any atom is 0.332 e. The number of rotatable bonds is 5. The van der Waals surface area contributed by atoms with Gasteiger partial charge in [0.25, 0.3) is 0 Å². The maximum absolute atomic E-state index is 11.1. The van der Waals surface area contributed by atoms with Crippen molar-refractivity contribution in [1.29, 1.82) is 0 Å². The summed E-state index contributed by atoms with van der Waals surface area (Å²) in [7, 11) is 2.98. The Hall–Kier alpha value is -1.97. The van der Waals surface area contributed by atoms with E-state index in [-0.39, 0.29) is 5.97 Å². The van der Waals surface area contributed by atoms with Gasteiger partial charge in [0, 0.05) is 17.5 Å². The SMILES string of the molecule is CC/C(=C\C(=O)OC)Nc1ccc(OC)cc1. The molecule has 0 atom stereocenters. The van der Waals surface area contributed by atoms with E-state index in [1.165, 1.54) is 13.2 Å². The fraction of sp³-hybridized carbons (Fsp3) is 0.308. The van der Waals surface area contributed by atoms with Crippen LogP contribution in [0.4, 0.5) is 5.69 Å². The summed E-state index contributed by atoms with van der Waals surface area (Å²) in [4.78, 5) is 11.1. The molecule has 0 aromatic heterocycles. The predicted octanol–water partition coefficient (Wildman–Crippen LogP) is 2.57. The van der Waals surface area contributed by atoms with Gasteiger partial charge < -0.3 is 14.8 Å². The van der Waals surface area contributed by atoms with Crippen molar-refractivity contribution in [2.75, 3.05) is 19.5 Å². The Morgan fingerprint density at radius 3 is 2.41 bits per heavy atom. The molecule has 0 saturated heterocycles. The lowest BCUT2D eigenvalue weighted by Gasteiger charge is -2.09. The Morgan fingerprint density at radius 1 is 1.29 bits per heavy atom. The number of carbonyl (C=O) groups is 1. The summed E-state index contributed by atoms with van der Waals surface area (Å²) in [6.07, 6.45) is 2.17. The first kappa shape index (κ1) is 13.1. The molecule has 0 spiro atoms. The number of methoxy groups -OCH3 is 2. The molecule has 1 aromatic carbocycles. The van der Waals surface area contributed by atoms with Crippen LogP contribution in [0, 0.1) is 0 Å². The van der Waals surface area contributed by atoms with Crippen molar-refractivity contribution >= 4 is 11.7 Å². The van der Waals surface area contributed by atoms with E-state index < -0.39 is 0 Å². The fourth-order valence-corrected chi connectivity index (χ4v) is 1.29. The van der Waals surface area contributed by atoms with Gasteiger partial charge in [0.1, 0.15) is 5.75 Å². The molecule has 17 heavy (non-hydrogen) atoms. The molecular formula is C13H17NO3. The van der Waals surface area contributed by atoms with Crippen LogP contribution < -0.4 is 10.1 Å². The number of carbonyl (C=O) groups excluding carboxylic acids is 1. The monoisotopic (exact) mass is 235 g/mol. The van der Waals surface area contributed by atoms with E-state index in [2.05, 4.69) is 10.1 Å². The van der Waals surface area contributed by atoms with Crippen LogP contribution in [0.2, 0.25) is 0 Å². The molecule has 1 aromatic rings. The number of benzene rings is 1. The van der Waals surface area contributed by atoms with Gasteiger partial charge in [-0.15, -0.1) is 0 Å². The number of anilines is 1. The standard InChI is InChI=1S/C13H17NO3/c1-4-10(9-13(15)17-3)14-11-5-7-12(16-2)8-6-11/h5-9,14H,4H2,1-3H3/b10-9+. The highest BCUT2D eigenvalue weighted by Crippen LogP contribution is 2.17. The van der Waals surface area contributed by atoms with Crippen molar-refractivity contribution in [2.45, 2.75) is 13.3 Å². The van der Waals surface area contributed by atoms with E-state index >= 15 is 0 Å². The Labute approximate surface area is 101 Å². The zero-order valence-corrected chi connectivity index (χ0v) is 10.3. The number of ether oxygens (including phenoxy) is 2. The van der Waals surface area contributed by atoms with E-state index in [0.29, 0.717) is 0 Å². The topological polar surface area (TPSA) is 47.6 Å². The van der Waals surface area contributed by atoms with Crippen molar-refractivity contribution in [3.63, 3.8) is 0 Å². The molecule has 1 rings (SSSR count). The first-order valence-electron chi connectivity index (χ1n) is 5.39. The highest BCUT2D eigenvalue weighted by molar-refractivity contribution is 5.83. The molecule has 0 bridgehead atoms. The third-order valence-electron chi connectivity index (χ3n) is 2.27. The van der Waals surface area contributed by atoms with Crippen molar-refractivity contribution in [3.05, 3.63) is 36.0 Å². The molecule has 4 nitrogen and oxygen atoms in total. The maximum atomic E-state index is 11.1.